The van der Waals surface area contributed by atoms with Crippen LogP contribution in [0.5, 0.6) is 0 Å². The lowest BCUT2D eigenvalue weighted by Crippen LogP contribution is -2.60. The average Bonchev–Trinajstić information content (AvgIpc) is 4.05. The van der Waals surface area contributed by atoms with E-state index in [0.717, 1.165) is 15.7 Å². The minimum absolute atomic E-state index is 0.0142. The van der Waals surface area contributed by atoms with Gasteiger partial charge in [-0.2, -0.15) is 13.2 Å². The smallest absolute Gasteiger partial charge is 0.427 e. The summed E-state index contributed by atoms with van der Waals surface area (Å²) in [6.07, 6.45) is -3.04. The highest BCUT2D eigenvalue weighted by Gasteiger charge is 2.64. The molecule has 0 radical (unpaired) electrons. The second-order valence-electron chi connectivity index (χ2n) is 16.7. The Kier molecular flexibility index (Phi) is 11.7. The molecule has 0 aromatic heterocycles. The topological polar surface area (TPSA) is 177 Å². The Bertz CT molecular complexity index is 2110. The van der Waals surface area contributed by atoms with Gasteiger partial charge in [-0.15, -0.1) is 0 Å². The van der Waals surface area contributed by atoms with Crippen molar-refractivity contribution in [1.29, 1.82) is 0 Å². The molecule has 4 amide bonds. The molecule has 6 rings (SSSR count). The summed E-state index contributed by atoms with van der Waals surface area (Å²) >= 11 is 0. The minimum Gasteiger partial charge on any atom is -0.457 e. The lowest BCUT2D eigenvalue weighted by molar-refractivity contribution is -0.244. The van der Waals surface area contributed by atoms with Gasteiger partial charge in [-0.25, -0.2) is 22.4 Å². The summed E-state index contributed by atoms with van der Waals surface area (Å²) in [5, 5.41) is 6.59. The molecule has 316 valence electrons. The van der Waals surface area contributed by atoms with Crippen LogP contribution in [-0.2, 0) is 33.9 Å². The largest absolute Gasteiger partial charge is 0.457 e. The zero-order valence-electron chi connectivity index (χ0n) is 32.6. The molecule has 0 unspecified atom stereocenters. The number of rotatable bonds is 8. The minimum atomic E-state index is -4.95. The standard InChI is InChI=1S/C40H48F4N4O9S/c1-23-9-5-8-12-28-20-39(28,35(52)47-58(54,55)38(22-41)15-16-38)46-32(49)30-19-29(56-34(51)27-14-13-25-10-6-7-11-26(25)18-27)21-48(30)33(50)31(24(2)17-23)45-36(53)57-37(3,4)40(42,43)44/h6-8,10-14,18,23-24,28-31H,5,9,15-17,19-22H2,1-4H3,(H,45,53)(H,46,49)(H,47,52)/b12-8-/t23-,24-,28-,29-,30+,31+,39-/m1/s1. The quantitative estimate of drug-likeness (QED) is 0.183. The molecule has 2 aliphatic heterocycles. The van der Waals surface area contributed by atoms with Crippen molar-refractivity contribution in [1.82, 2.24) is 20.3 Å². The van der Waals surface area contributed by atoms with Crippen LogP contribution < -0.4 is 15.4 Å². The zero-order valence-corrected chi connectivity index (χ0v) is 33.4. The Labute approximate surface area is 333 Å². The number of amides is 4. The maximum Gasteiger partial charge on any atom is 0.427 e. The number of halogens is 4. The van der Waals surface area contributed by atoms with Crippen LogP contribution in [0.2, 0.25) is 0 Å². The van der Waals surface area contributed by atoms with Crippen LogP contribution in [0.1, 0.15) is 83.0 Å². The van der Waals surface area contributed by atoms with Gasteiger partial charge in [-0.05, 0) is 87.1 Å². The molecular formula is C40H48F4N4O9S. The first kappa shape index (κ1) is 42.9. The fourth-order valence-electron chi connectivity index (χ4n) is 7.73. The highest BCUT2D eigenvalue weighted by atomic mass is 32.2. The summed E-state index contributed by atoms with van der Waals surface area (Å²) in [5.41, 5.74) is -4.54. The van der Waals surface area contributed by atoms with Gasteiger partial charge in [-0.1, -0.05) is 56.3 Å². The lowest BCUT2D eigenvalue weighted by atomic mass is 9.88. The van der Waals surface area contributed by atoms with Crippen molar-refractivity contribution in [3.8, 4) is 0 Å². The normalized spacial score (nSPS) is 29.4. The van der Waals surface area contributed by atoms with E-state index in [1.165, 1.54) is 0 Å². The Morgan fingerprint density at radius 3 is 2.36 bits per heavy atom. The first-order valence-electron chi connectivity index (χ1n) is 19.3. The third-order valence-electron chi connectivity index (χ3n) is 11.8. The van der Waals surface area contributed by atoms with Crippen molar-refractivity contribution >= 4 is 50.6 Å². The predicted octanol–water partition coefficient (Wildman–Crippen LogP) is 5.24. The highest BCUT2D eigenvalue weighted by molar-refractivity contribution is 7.91. The molecule has 0 bridgehead atoms. The third kappa shape index (κ3) is 8.66. The van der Waals surface area contributed by atoms with E-state index in [4.69, 9.17) is 9.47 Å². The monoisotopic (exact) mass is 836 g/mol. The Morgan fingerprint density at radius 2 is 1.71 bits per heavy atom. The molecular weight excluding hydrogens is 789 g/mol. The number of alkyl halides is 4. The number of hydrogen-bond donors (Lipinski definition) is 3. The number of carbonyl (C=O) groups is 5. The van der Waals surface area contributed by atoms with Crippen molar-refractivity contribution in [2.24, 2.45) is 17.8 Å². The summed E-state index contributed by atoms with van der Waals surface area (Å²) in [6.45, 7) is 3.25. The molecule has 2 heterocycles. The number of carbonyl (C=O) groups excluding carboxylic acids is 5. The van der Waals surface area contributed by atoms with E-state index < -0.39 is 98.6 Å². The second-order valence-corrected chi connectivity index (χ2v) is 18.8. The van der Waals surface area contributed by atoms with Crippen molar-refractivity contribution < 1.29 is 59.4 Å². The molecule has 2 aromatic carbocycles. The molecule has 0 spiro atoms. The van der Waals surface area contributed by atoms with Crippen molar-refractivity contribution in [2.45, 2.75) is 113 Å². The van der Waals surface area contributed by atoms with Crippen LogP contribution in [0.25, 0.3) is 10.8 Å². The van der Waals surface area contributed by atoms with E-state index in [9.17, 15) is 50.0 Å². The summed E-state index contributed by atoms with van der Waals surface area (Å²) in [6, 6.07) is 9.21. The number of allylic oxidation sites excluding steroid dienone is 1. The van der Waals surface area contributed by atoms with E-state index >= 15 is 0 Å². The zero-order chi connectivity index (χ0) is 42.4. The third-order valence-corrected chi connectivity index (χ3v) is 13.9. The number of ether oxygens (including phenoxy) is 2. The van der Waals surface area contributed by atoms with Crippen molar-refractivity contribution in [2.75, 3.05) is 13.2 Å². The first-order chi connectivity index (χ1) is 27.1. The second kappa shape index (κ2) is 15.8. The maximum absolute atomic E-state index is 14.6. The number of benzene rings is 2. The molecule has 58 heavy (non-hydrogen) atoms. The number of nitrogens with zero attached hydrogens (tertiary/aromatic N) is 1. The molecule has 2 saturated carbocycles. The van der Waals surface area contributed by atoms with Gasteiger partial charge in [-0.3, -0.25) is 19.1 Å². The van der Waals surface area contributed by atoms with Gasteiger partial charge in [0.05, 0.1) is 12.1 Å². The number of sulfonamides is 1. The summed E-state index contributed by atoms with van der Waals surface area (Å²) in [5.74, 6) is -5.11. The molecule has 3 N–H and O–H groups in total. The number of fused-ring (bicyclic) bond motifs is 3. The van der Waals surface area contributed by atoms with E-state index in [1.54, 1.807) is 49.4 Å². The van der Waals surface area contributed by atoms with Gasteiger partial charge in [0.2, 0.25) is 27.4 Å². The van der Waals surface area contributed by atoms with E-state index in [-0.39, 0.29) is 43.7 Å². The molecule has 1 saturated heterocycles. The van der Waals surface area contributed by atoms with Gasteiger partial charge in [0, 0.05) is 12.3 Å². The number of hydrogen-bond acceptors (Lipinski definition) is 9. The Hall–Kier alpha value is -4.74. The fourth-order valence-corrected chi connectivity index (χ4v) is 9.16. The highest BCUT2D eigenvalue weighted by Crippen LogP contribution is 2.48. The molecule has 3 fully saturated rings. The molecule has 13 nitrogen and oxygen atoms in total. The van der Waals surface area contributed by atoms with Crippen LogP contribution in [-0.4, -0.2) is 96.6 Å². The van der Waals surface area contributed by atoms with E-state index in [0.29, 0.717) is 33.1 Å². The van der Waals surface area contributed by atoms with Crippen molar-refractivity contribution in [3.05, 3.63) is 60.2 Å². The van der Waals surface area contributed by atoms with Crippen LogP contribution in [0.15, 0.2) is 54.6 Å². The fraction of sp³-hybridized carbons (Fsp3) is 0.575. The molecule has 18 heteroatoms. The van der Waals surface area contributed by atoms with Gasteiger partial charge in [0.1, 0.15) is 35.1 Å². The first-order valence-corrected chi connectivity index (χ1v) is 20.8. The number of alkyl carbamates (subject to hydrolysis) is 1. The predicted molar refractivity (Wildman–Crippen MR) is 202 cm³/mol. The Balaban J connectivity index is 1.32. The van der Waals surface area contributed by atoms with Crippen LogP contribution >= 0.6 is 0 Å². The Morgan fingerprint density at radius 1 is 1.02 bits per heavy atom. The van der Waals surface area contributed by atoms with E-state index in [2.05, 4.69) is 10.6 Å². The van der Waals surface area contributed by atoms with Gasteiger partial charge >= 0.3 is 18.2 Å². The van der Waals surface area contributed by atoms with Gasteiger partial charge in [0.25, 0.3) is 5.91 Å². The molecule has 2 aromatic rings. The number of nitrogens with one attached hydrogen (secondary N) is 3. The lowest BCUT2D eigenvalue weighted by Gasteiger charge is -2.34. The SMILES string of the molecule is C[C@@H]1CC/C=C\[C@@H]2C[C@@]2(C(=O)NS(=O)(=O)C2(CF)CC2)NC(=O)[C@@H]2C[C@@H](OC(=O)c3ccc4ccccc4c3)CN2C(=O)[C@@H](NC(=O)OC(C)(C)C(F)(F)F)[C@H](C)C1. The summed E-state index contributed by atoms with van der Waals surface area (Å²) < 4.78 is 92.0. The van der Waals surface area contributed by atoms with Crippen LogP contribution in [0.4, 0.5) is 22.4 Å². The molecule has 4 aliphatic rings. The average molecular weight is 837 g/mol. The summed E-state index contributed by atoms with van der Waals surface area (Å²) in [4.78, 5) is 70.4. The molecule has 7 atom stereocenters. The van der Waals surface area contributed by atoms with Gasteiger partial charge < -0.3 is 25.0 Å². The van der Waals surface area contributed by atoms with E-state index in [1.807, 2.05) is 23.8 Å². The number of esters is 1. The summed E-state index contributed by atoms with van der Waals surface area (Å²) in [7, 11) is -4.48. The van der Waals surface area contributed by atoms with Crippen LogP contribution in [0.3, 0.4) is 0 Å². The van der Waals surface area contributed by atoms with Crippen molar-refractivity contribution in [3.63, 3.8) is 0 Å². The van der Waals surface area contributed by atoms with Gasteiger partial charge in [0.15, 0.2) is 0 Å². The van der Waals surface area contributed by atoms with Crippen LogP contribution in [0, 0.1) is 17.8 Å². The maximum atomic E-state index is 14.6. The molecule has 2 aliphatic carbocycles.